The van der Waals surface area contributed by atoms with E-state index in [-0.39, 0.29) is 11.5 Å². The van der Waals surface area contributed by atoms with Crippen molar-refractivity contribution < 1.29 is 9.47 Å². The van der Waals surface area contributed by atoms with Crippen molar-refractivity contribution in [2.45, 2.75) is 6.42 Å². The van der Waals surface area contributed by atoms with Crippen molar-refractivity contribution in [1.82, 2.24) is 9.88 Å². The highest BCUT2D eigenvalue weighted by Gasteiger charge is 2.26. The molecule has 1 fully saturated rings. The number of rotatable bonds is 8. The van der Waals surface area contributed by atoms with E-state index in [9.17, 15) is 4.79 Å². The van der Waals surface area contributed by atoms with E-state index in [1.54, 1.807) is 50.8 Å². The summed E-state index contributed by atoms with van der Waals surface area (Å²) < 4.78 is 10.1. The maximum Gasteiger partial charge on any atom is 0.248 e. The van der Waals surface area contributed by atoms with Gasteiger partial charge >= 0.3 is 0 Å². The van der Waals surface area contributed by atoms with Gasteiger partial charge in [-0.1, -0.05) is 18.7 Å². The van der Waals surface area contributed by atoms with Gasteiger partial charge in [0.1, 0.15) is 5.84 Å². The van der Waals surface area contributed by atoms with E-state index in [1.807, 2.05) is 23.1 Å². The lowest BCUT2D eigenvalue weighted by Crippen LogP contribution is -2.32. The van der Waals surface area contributed by atoms with Crippen molar-refractivity contribution in [1.29, 1.82) is 5.41 Å². The Bertz CT molecular complexity index is 906. The van der Waals surface area contributed by atoms with Crippen LogP contribution < -0.4 is 10.5 Å². The van der Waals surface area contributed by atoms with Crippen molar-refractivity contribution in [3.05, 3.63) is 77.0 Å². The van der Waals surface area contributed by atoms with Crippen LogP contribution >= 0.6 is 0 Å². The minimum atomic E-state index is -0.167. The minimum Gasteiger partial charge on any atom is -0.504 e. The zero-order chi connectivity index (χ0) is 21.9. The van der Waals surface area contributed by atoms with Crippen LogP contribution in [0.25, 0.3) is 0 Å². The number of H-pyrrole nitrogens is 1. The number of allylic oxidation sites excluding steroid dienone is 5. The van der Waals surface area contributed by atoms with Crippen LogP contribution in [0.4, 0.5) is 5.69 Å². The fourth-order valence-corrected chi connectivity index (χ4v) is 2.87. The maximum atomic E-state index is 11.5. The minimum absolute atomic E-state index is 0.131. The first kappa shape index (κ1) is 22.9. The smallest absolute Gasteiger partial charge is 0.248 e. The quantitative estimate of drug-likeness (QED) is 0.297. The number of aliphatic imine (C=N–C) groups is 1. The normalized spacial score (nSPS) is 17.2. The summed E-state index contributed by atoms with van der Waals surface area (Å²) in [5.74, 6) is 0.794. The molecule has 30 heavy (non-hydrogen) atoms. The molecule has 0 unspecified atom stereocenters. The summed E-state index contributed by atoms with van der Waals surface area (Å²) in [5.41, 5.74) is 2.52. The molecule has 0 aromatic carbocycles. The lowest BCUT2D eigenvalue weighted by atomic mass is 10.1. The molecule has 2 heterocycles. The predicted octanol–water partition coefficient (Wildman–Crippen LogP) is 2.70. The Morgan fingerprint density at radius 2 is 2.23 bits per heavy atom. The molecule has 1 aromatic rings. The second-order valence-electron chi connectivity index (χ2n) is 6.60. The summed E-state index contributed by atoms with van der Waals surface area (Å²) in [4.78, 5) is 22.5. The fourth-order valence-electron chi connectivity index (χ4n) is 2.87. The lowest BCUT2D eigenvalue weighted by Gasteiger charge is -2.21. The average Bonchev–Trinajstić information content (AvgIpc) is 3.12. The number of anilines is 1. The highest BCUT2D eigenvalue weighted by atomic mass is 16.5. The number of ether oxygens (including phenoxy) is 2. The molecule has 0 spiro atoms. The third-order valence-corrected chi connectivity index (χ3v) is 4.48. The first-order valence-electron chi connectivity index (χ1n) is 9.56. The van der Waals surface area contributed by atoms with Crippen LogP contribution in [0.1, 0.15) is 6.42 Å². The number of aromatic amines is 1. The van der Waals surface area contributed by atoms with Crippen LogP contribution in [0.2, 0.25) is 0 Å². The molecule has 1 saturated heterocycles. The molecule has 1 aliphatic rings. The molecule has 2 rings (SSSR count). The van der Waals surface area contributed by atoms with Gasteiger partial charge in [0.2, 0.25) is 11.5 Å². The Morgan fingerprint density at radius 3 is 2.87 bits per heavy atom. The largest absolute Gasteiger partial charge is 0.504 e. The van der Waals surface area contributed by atoms with Gasteiger partial charge in [-0.05, 0) is 35.8 Å². The van der Waals surface area contributed by atoms with Gasteiger partial charge in [-0.15, -0.1) is 0 Å². The van der Waals surface area contributed by atoms with Crippen LogP contribution in [0, 0.1) is 5.41 Å². The van der Waals surface area contributed by atoms with Gasteiger partial charge in [0.15, 0.2) is 0 Å². The Balaban J connectivity index is 2.45. The van der Waals surface area contributed by atoms with Gasteiger partial charge in [-0.25, -0.2) is 0 Å². The van der Waals surface area contributed by atoms with Gasteiger partial charge in [0, 0.05) is 39.5 Å². The van der Waals surface area contributed by atoms with Crippen molar-refractivity contribution >= 4 is 17.5 Å². The molecule has 0 radical (unpaired) electrons. The number of aromatic nitrogens is 1. The van der Waals surface area contributed by atoms with E-state index in [1.165, 1.54) is 6.07 Å². The average molecular weight is 412 g/mol. The standard InChI is InChI=1S/C22H29N5O3/c1-5-6-17(10-13-29-3)15-18-9-11-27(19-7-8-20(28)24-16-19)21(18)25-22(23)26(2)12-14-30-4/h5-8,10,13,15-16,23H,1,9,11-12,14H2,2-4H3,(H,24,28). The molecule has 160 valence electrons. The van der Waals surface area contributed by atoms with Crippen LogP contribution in [0.15, 0.2) is 76.4 Å². The van der Waals surface area contributed by atoms with Gasteiger partial charge < -0.3 is 24.3 Å². The first-order valence-corrected chi connectivity index (χ1v) is 9.56. The monoisotopic (exact) mass is 411 g/mol. The van der Waals surface area contributed by atoms with Gasteiger partial charge in [-0.2, -0.15) is 4.99 Å². The molecule has 0 atom stereocenters. The SMILES string of the molecule is C=CC=C(C=COC)C=C1CCN(c2ccc(=O)[nH]c2)C1=NC(=N)N(C)CCOC. The van der Waals surface area contributed by atoms with E-state index in [0.717, 1.165) is 23.3 Å². The third kappa shape index (κ3) is 6.31. The Hall–Kier alpha value is -3.39. The number of nitrogens with one attached hydrogen (secondary N) is 2. The molecule has 0 bridgehead atoms. The highest BCUT2D eigenvalue weighted by Crippen LogP contribution is 2.26. The third-order valence-electron chi connectivity index (χ3n) is 4.48. The second kappa shape index (κ2) is 11.6. The zero-order valence-electron chi connectivity index (χ0n) is 17.7. The topological polar surface area (TPSA) is 94.0 Å². The summed E-state index contributed by atoms with van der Waals surface area (Å²) in [7, 11) is 5.02. The summed E-state index contributed by atoms with van der Waals surface area (Å²) in [6.07, 6.45) is 11.4. The molecule has 1 aromatic heterocycles. The number of hydrogen-bond donors (Lipinski definition) is 2. The molecule has 8 heteroatoms. The molecule has 0 aliphatic carbocycles. The summed E-state index contributed by atoms with van der Waals surface area (Å²) in [6, 6.07) is 3.23. The number of guanidine groups is 1. The van der Waals surface area contributed by atoms with Gasteiger partial charge in [0.05, 0.1) is 25.7 Å². The summed E-state index contributed by atoms with van der Waals surface area (Å²) in [6.45, 7) is 5.51. The van der Waals surface area contributed by atoms with Crippen LogP contribution in [-0.2, 0) is 9.47 Å². The predicted molar refractivity (Wildman–Crippen MR) is 121 cm³/mol. The second-order valence-corrected chi connectivity index (χ2v) is 6.60. The number of likely N-dealkylation sites (N-methyl/N-ethyl adjacent to an activating group) is 1. The number of amidine groups is 1. The number of pyridine rings is 1. The fraction of sp³-hybridized carbons (Fsp3) is 0.318. The molecule has 2 N–H and O–H groups in total. The Kier molecular flexibility index (Phi) is 8.83. The van der Waals surface area contributed by atoms with Crippen molar-refractivity contribution in [3.63, 3.8) is 0 Å². The summed E-state index contributed by atoms with van der Waals surface area (Å²) >= 11 is 0. The van der Waals surface area contributed by atoms with Crippen LogP contribution in [0.5, 0.6) is 0 Å². The Labute approximate surface area is 177 Å². The van der Waals surface area contributed by atoms with Crippen molar-refractivity contribution in [3.8, 4) is 0 Å². The van der Waals surface area contributed by atoms with Crippen molar-refractivity contribution in [2.75, 3.05) is 45.9 Å². The zero-order valence-corrected chi connectivity index (χ0v) is 17.7. The van der Waals surface area contributed by atoms with E-state index in [0.29, 0.717) is 25.5 Å². The number of nitrogens with zero attached hydrogens (tertiary/aromatic N) is 3. The van der Waals surface area contributed by atoms with Crippen LogP contribution in [-0.4, -0.2) is 62.6 Å². The van der Waals surface area contributed by atoms with E-state index < -0.39 is 0 Å². The van der Waals surface area contributed by atoms with Gasteiger partial charge in [-0.3, -0.25) is 10.2 Å². The van der Waals surface area contributed by atoms with E-state index in [4.69, 9.17) is 14.9 Å². The van der Waals surface area contributed by atoms with Crippen molar-refractivity contribution in [2.24, 2.45) is 4.99 Å². The van der Waals surface area contributed by atoms with E-state index >= 15 is 0 Å². The molecule has 8 nitrogen and oxygen atoms in total. The summed E-state index contributed by atoms with van der Waals surface area (Å²) in [5, 5.41) is 8.40. The first-order chi connectivity index (χ1) is 14.5. The molecular formula is C22H29N5O3. The van der Waals surface area contributed by atoms with Gasteiger partial charge in [0.25, 0.3) is 0 Å². The molecule has 0 amide bonds. The number of methoxy groups -OCH3 is 2. The molecular weight excluding hydrogens is 382 g/mol. The molecule has 1 aliphatic heterocycles. The highest BCUT2D eigenvalue weighted by molar-refractivity contribution is 6.16. The lowest BCUT2D eigenvalue weighted by molar-refractivity contribution is 0.182. The van der Waals surface area contributed by atoms with E-state index in [2.05, 4.69) is 16.6 Å². The Morgan fingerprint density at radius 1 is 1.43 bits per heavy atom. The van der Waals surface area contributed by atoms with Crippen LogP contribution in [0.3, 0.4) is 0 Å². The number of hydrogen-bond acceptors (Lipinski definition) is 4. The maximum absolute atomic E-state index is 11.5. The molecule has 0 saturated carbocycles.